The largest absolute Gasteiger partial charge is 0.339 e. The minimum atomic E-state index is -2.58. The fourth-order valence-corrected chi connectivity index (χ4v) is 4.41. The number of alkyl halides is 2. The number of ketones is 1. The molecule has 0 bridgehead atoms. The molecule has 7 heteroatoms. The number of halogens is 2. The third-order valence-electron chi connectivity index (χ3n) is 6.20. The quantitative estimate of drug-likeness (QED) is 0.588. The molecule has 2 aromatic heterocycles. The van der Waals surface area contributed by atoms with E-state index in [9.17, 15) is 18.4 Å². The Hall–Kier alpha value is -2.31. The van der Waals surface area contributed by atoms with E-state index in [1.165, 1.54) is 0 Å². The number of amides is 1. The standard InChI is InChI=1S/C23H31F2N3O2/c1-5-19(29)21-18(13-16-8-10-23(24,25)11-9-16)28-15(4)12-17(14-20(28)26-21)22(30)27(6-2)7-3/h12,14,16H,5-11,13H2,1-4H3. The van der Waals surface area contributed by atoms with Gasteiger partial charge in [-0.1, -0.05) is 6.92 Å². The molecule has 0 aromatic carbocycles. The molecule has 2 aromatic rings. The molecule has 2 heterocycles. The number of aromatic nitrogens is 2. The molecule has 0 aliphatic heterocycles. The van der Waals surface area contributed by atoms with Crippen LogP contribution in [0.3, 0.4) is 0 Å². The van der Waals surface area contributed by atoms with E-state index in [2.05, 4.69) is 4.98 Å². The van der Waals surface area contributed by atoms with Crippen molar-refractivity contribution in [3.05, 3.63) is 34.8 Å². The Balaban J connectivity index is 2.02. The normalized spacial score (nSPS) is 16.7. The number of hydrogen-bond acceptors (Lipinski definition) is 3. The summed E-state index contributed by atoms with van der Waals surface area (Å²) in [6.45, 7) is 8.79. The summed E-state index contributed by atoms with van der Waals surface area (Å²) in [6.07, 6.45) is 1.54. The number of nitrogens with zero attached hydrogens (tertiary/aromatic N) is 3. The van der Waals surface area contributed by atoms with E-state index in [1.54, 1.807) is 17.9 Å². The van der Waals surface area contributed by atoms with Crippen LogP contribution in [-0.4, -0.2) is 45.0 Å². The van der Waals surface area contributed by atoms with E-state index in [0.717, 1.165) is 11.4 Å². The molecule has 1 fully saturated rings. The average molecular weight is 420 g/mol. The van der Waals surface area contributed by atoms with Gasteiger partial charge in [0, 0.05) is 43.6 Å². The number of imidazole rings is 1. The van der Waals surface area contributed by atoms with Crippen LogP contribution in [-0.2, 0) is 6.42 Å². The van der Waals surface area contributed by atoms with Gasteiger partial charge in [-0.05, 0) is 58.1 Å². The number of carbonyl (C=O) groups excluding carboxylic acids is 2. The lowest BCUT2D eigenvalue weighted by Crippen LogP contribution is -2.30. The highest BCUT2D eigenvalue weighted by atomic mass is 19.3. The Morgan fingerprint density at radius 3 is 2.37 bits per heavy atom. The highest BCUT2D eigenvalue weighted by molar-refractivity contribution is 5.97. The number of pyridine rings is 1. The van der Waals surface area contributed by atoms with E-state index in [0.29, 0.717) is 55.7 Å². The number of carbonyl (C=O) groups is 2. The first kappa shape index (κ1) is 22.4. The zero-order valence-electron chi connectivity index (χ0n) is 18.3. The van der Waals surface area contributed by atoms with Gasteiger partial charge >= 0.3 is 0 Å². The zero-order valence-corrected chi connectivity index (χ0v) is 18.3. The number of fused-ring (bicyclic) bond motifs is 1. The smallest absolute Gasteiger partial charge is 0.254 e. The summed E-state index contributed by atoms with van der Waals surface area (Å²) in [5.41, 5.74) is 3.13. The molecule has 1 aliphatic rings. The van der Waals surface area contributed by atoms with Gasteiger partial charge in [0.05, 0.1) is 5.69 Å². The zero-order chi connectivity index (χ0) is 22.1. The SMILES string of the molecule is CCC(=O)c1nc2cc(C(=O)N(CC)CC)cc(C)n2c1CC1CCC(F)(F)CC1. The van der Waals surface area contributed by atoms with Crippen molar-refractivity contribution in [1.82, 2.24) is 14.3 Å². The topological polar surface area (TPSA) is 54.7 Å². The van der Waals surface area contributed by atoms with E-state index in [4.69, 9.17) is 0 Å². The molecule has 1 amide bonds. The molecule has 30 heavy (non-hydrogen) atoms. The van der Waals surface area contributed by atoms with E-state index in [1.807, 2.05) is 31.2 Å². The molecule has 3 rings (SSSR count). The van der Waals surface area contributed by atoms with Crippen LogP contribution < -0.4 is 0 Å². The Bertz CT molecular complexity index is 938. The second-order valence-corrected chi connectivity index (χ2v) is 8.24. The molecule has 0 radical (unpaired) electrons. The molecule has 1 aliphatic carbocycles. The van der Waals surface area contributed by atoms with Crippen molar-refractivity contribution in [2.75, 3.05) is 13.1 Å². The number of Topliss-reactive ketones (excluding diaryl/α,β-unsaturated/α-hetero) is 1. The number of rotatable bonds is 7. The summed E-state index contributed by atoms with van der Waals surface area (Å²) < 4.78 is 29.1. The van der Waals surface area contributed by atoms with Crippen LogP contribution in [0.2, 0.25) is 0 Å². The predicted octanol–water partition coefficient (Wildman–Crippen LogP) is 5.09. The number of aryl methyl sites for hydroxylation is 1. The fraction of sp³-hybridized carbons (Fsp3) is 0.609. The molecule has 0 saturated heterocycles. The maximum Gasteiger partial charge on any atom is 0.254 e. The fourth-order valence-electron chi connectivity index (χ4n) is 4.41. The van der Waals surface area contributed by atoms with Crippen LogP contribution in [0.4, 0.5) is 8.78 Å². The predicted molar refractivity (Wildman–Crippen MR) is 112 cm³/mol. The van der Waals surface area contributed by atoms with E-state index < -0.39 is 5.92 Å². The van der Waals surface area contributed by atoms with Crippen LogP contribution >= 0.6 is 0 Å². The molecular weight excluding hydrogens is 388 g/mol. The van der Waals surface area contributed by atoms with Crippen LogP contribution in [0.1, 0.15) is 85.1 Å². The van der Waals surface area contributed by atoms with Crippen molar-refractivity contribution in [1.29, 1.82) is 0 Å². The van der Waals surface area contributed by atoms with Crippen LogP contribution in [0.5, 0.6) is 0 Å². The lowest BCUT2D eigenvalue weighted by atomic mass is 9.83. The number of hydrogen-bond donors (Lipinski definition) is 0. The molecule has 5 nitrogen and oxygen atoms in total. The van der Waals surface area contributed by atoms with Gasteiger partial charge in [-0.15, -0.1) is 0 Å². The summed E-state index contributed by atoms with van der Waals surface area (Å²) in [6, 6.07) is 3.56. The molecular formula is C23H31F2N3O2. The molecule has 0 unspecified atom stereocenters. The Morgan fingerprint density at radius 1 is 1.17 bits per heavy atom. The van der Waals surface area contributed by atoms with E-state index >= 15 is 0 Å². The lowest BCUT2D eigenvalue weighted by Gasteiger charge is -2.28. The summed E-state index contributed by atoms with van der Waals surface area (Å²) in [7, 11) is 0. The summed E-state index contributed by atoms with van der Waals surface area (Å²) in [5, 5.41) is 0. The Morgan fingerprint density at radius 2 is 1.80 bits per heavy atom. The molecule has 0 spiro atoms. The Kier molecular flexibility index (Phi) is 6.58. The second-order valence-electron chi connectivity index (χ2n) is 8.24. The minimum Gasteiger partial charge on any atom is -0.339 e. The third kappa shape index (κ3) is 4.40. The maximum absolute atomic E-state index is 13.6. The van der Waals surface area contributed by atoms with Gasteiger partial charge in [0.25, 0.3) is 5.91 Å². The summed E-state index contributed by atoms with van der Waals surface area (Å²) >= 11 is 0. The van der Waals surface area contributed by atoms with Crippen molar-refractivity contribution in [3.63, 3.8) is 0 Å². The first-order valence-electron chi connectivity index (χ1n) is 10.9. The van der Waals surface area contributed by atoms with Gasteiger partial charge < -0.3 is 9.30 Å². The van der Waals surface area contributed by atoms with Crippen LogP contribution in [0.15, 0.2) is 12.1 Å². The first-order valence-corrected chi connectivity index (χ1v) is 10.9. The van der Waals surface area contributed by atoms with Crippen LogP contribution in [0, 0.1) is 12.8 Å². The molecule has 164 valence electrons. The van der Waals surface area contributed by atoms with Crippen molar-refractivity contribution in [2.45, 2.75) is 72.1 Å². The van der Waals surface area contributed by atoms with Crippen LogP contribution in [0.25, 0.3) is 5.65 Å². The molecule has 1 saturated carbocycles. The van der Waals surface area contributed by atoms with E-state index in [-0.39, 0.29) is 30.4 Å². The van der Waals surface area contributed by atoms with Crippen molar-refractivity contribution >= 4 is 17.3 Å². The molecule has 0 atom stereocenters. The van der Waals surface area contributed by atoms with Crippen molar-refractivity contribution in [3.8, 4) is 0 Å². The summed E-state index contributed by atoms with van der Waals surface area (Å²) in [4.78, 5) is 31.8. The Labute approximate surface area is 176 Å². The highest BCUT2D eigenvalue weighted by Crippen LogP contribution is 2.38. The lowest BCUT2D eigenvalue weighted by molar-refractivity contribution is -0.0457. The van der Waals surface area contributed by atoms with Gasteiger partial charge in [-0.25, -0.2) is 13.8 Å². The average Bonchev–Trinajstić information content (AvgIpc) is 3.08. The highest BCUT2D eigenvalue weighted by Gasteiger charge is 2.35. The minimum absolute atomic E-state index is 0.0620. The van der Waals surface area contributed by atoms with Crippen molar-refractivity contribution < 1.29 is 18.4 Å². The summed E-state index contributed by atoms with van der Waals surface area (Å²) in [5.74, 6) is -2.60. The van der Waals surface area contributed by atoms with Gasteiger partial charge in [0.2, 0.25) is 5.92 Å². The van der Waals surface area contributed by atoms with Gasteiger partial charge in [-0.2, -0.15) is 0 Å². The first-order chi connectivity index (χ1) is 14.2. The third-order valence-corrected chi connectivity index (χ3v) is 6.20. The molecule has 0 N–H and O–H groups in total. The van der Waals surface area contributed by atoms with Gasteiger partial charge in [0.1, 0.15) is 11.3 Å². The second kappa shape index (κ2) is 8.82. The monoisotopic (exact) mass is 419 g/mol. The maximum atomic E-state index is 13.6. The van der Waals surface area contributed by atoms with Gasteiger partial charge in [-0.3, -0.25) is 9.59 Å². The van der Waals surface area contributed by atoms with Crippen molar-refractivity contribution in [2.24, 2.45) is 5.92 Å². The van der Waals surface area contributed by atoms with Gasteiger partial charge in [0.15, 0.2) is 5.78 Å².